The summed E-state index contributed by atoms with van der Waals surface area (Å²) in [4.78, 5) is 30.9. The minimum Gasteiger partial charge on any atom is -0.347 e. The first-order valence-electron chi connectivity index (χ1n) is 8.93. The maximum atomic E-state index is 13.9. The maximum Gasteiger partial charge on any atom is 0.256 e. The second-order valence-corrected chi connectivity index (χ2v) is 7.25. The molecular weight excluding hydrogens is 347 g/mol. The second kappa shape index (κ2) is 7.96. The Labute approximate surface area is 158 Å². The summed E-state index contributed by atoms with van der Waals surface area (Å²) in [6.07, 6.45) is 5.33. The number of carbonyl (C=O) groups excluding carboxylic acids is 1. The summed E-state index contributed by atoms with van der Waals surface area (Å²) in [5.41, 5.74) is 1.93. The molecule has 1 amide bonds. The molecule has 1 fully saturated rings. The molecule has 2 aromatic heterocycles. The third kappa shape index (κ3) is 4.21. The summed E-state index contributed by atoms with van der Waals surface area (Å²) in [5, 5.41) is 0. The van der Waals surface area contributed by atoms with Crippen molar-refractivity contribution < 1.29 is 9.18 Å². The minimum atomic E-state index is -0.290. The van der Waals surface area contributed by atoms with Gasteiger partial charge in [-0.2, -0.15) is 0 Å². The lowest BCUT2D eigenvalue weighted by Crippen LogP contribution is -2.26. The quantitative estimate of drug-likeness (QED) is 0.797. The van der Waals surface area contributed by atoms with Crippen molar-refractivity contribution >= 4 is 11.9 Å². The van der Waals surface area contributed by atoms with Crippen molar-refractivity contribution in [2.24, 2.45) is 0 Å². The SMILES string of the molecule is CN(C)C(=O)c1cnc(N(C)C)nc1[C@H]1CCN(Cc2ccncc2F)C1. The number of halogens is 1. The number of pyridine rings is 1. The standard InChI is InChI=1S/C19H25FN6O/c1-24(2)18(27)15-9-22-19(25(3)4)23-17(15)14-6-8-26(12-14)11-13-5-7-21-10-16(13)20/h5,7,9-10,14H,6,8,11-12H2,1-4H3/t14-/m0/s1. The van der Waals surface area contributed by atoms with E-state index in [0.29, 0.717) is 23.6 Å². The molecule has 0 bridgehead atoms. The van der Waals surface area contributed by atoms with Gasteiger partial charge in [-0.05, 0) is 19.0 Å². The molecule has 0 unspecified atom stereocenters. The van der Waals surface area contributed by atoms with Gasteiger partial charge < -0.3 is 9.80 Å². The van der Waals surface area contributed by atoms with Gasteiger partial charge in [-0.15, -0.1) is 0 Å². The van der Waals surface area contributed by atoms with Crippen LogP contribution in [0.4, 0.5) is 10.3 Å². The summed E-state index contributed by atoms with van der Waals surface area (Å²) in [5.74, 6) is 0.296. The van der Waals surface area contributed by atoms with Gasteiger partial charge in [0.05, 0.1) is 17.5 Å². The van der Waals surface area contributed by atoms with Gasteiger partial charge in [0.15, 0.2) is 0 Å². The molecule has 8 heteroatoms. The van der Waals surface area contributed by atoms with E-state index in [1.54, 1.807) is 32.6 Å². The van der Waals surface area contributed by atoms with E-state index >= 15 is 0 Å². The van der Waals surface area contributed by atoms with Crippen LogP contribution in [0.3, 0.4) is 0 Å². The fourth-order valence-electron chi connectivity index (χ4n) is 3.29. The Morgan fingerprint density at radius 2 is 2.07 bits per heavy atom. The van der Waals surface area contributed by atoms with Crippen LogP contribution in [-0.4, -0.2) is 71.9 Å². The first-order chi connectivity index (χ1) is 12.9. The van der Waals surface area contributed by atoms with Crippen molar-refractivity contribution in [3.8, 4) is 0 Å². The van der Waals surface area contributed by atoms with Gasteiger partial charge in [0.2, 0.25) is 5.95 Å². The van der Waals surface area contributed by atoms with Crippen molar-refractivity contribution in [1.82, 2.24) is 24.8 Å². The Kier molecular flexibility index (Phi) is 5.65. The van der Waals surface area contributed by atoms with Gasteiger partial charge in [0.25, 0.3) is 5.91 Å². The van der Waals surface area contributed by atoms with Gasteiger partial charge in [-0.1, -0.05) is 0 Å². The molecular formula is C19H25FN6O. The van der Waals surface area contributed by atoms with E-state index in [4.69, 9.17) is 0 Å². The van der Waals surface area contributed by atoms with Crippen LogP contribution < -0.4 is 4.90 Å². The van der Waals surface area contributed by atoms with Crippen LogP contribution in [0.1, 0.15) is 34.0 Å². The van der Waals surface area contributed by atoms with Crippen LogP contribution in [0.25, 0.3) is 0 Å². The zero-order valence-electron chi connectivity index (χ0n) is 16.2. The number of anilines is 1. The zero-order valence-corrected chi connectivity index (χ0v) is 16.2. The lowest BCUT2D eigenvalue weighted by atomic mass is 9.99. The van der Waals surface area contributed by atoms with Gasteiger partial charge >= 0.3 is 0 Å². The van der Waals surface area contributed by atoms with Crippen LogP contribution in [-0.2, 0) is 6.54 Å². The van der Waals surface area contributed by atoms with E-state index in [2.05, 4.69) is 19.9 Å². The zero-order chi connectivity index (χ0) is 19.6. The summed E-state index contributed by atoms with van der Waals surface area (Å²) in [6, 6.07) is 1.71. The number of nitrogens with zero attached hydrogens (tertiary/aromatic N) is 6. The Hall–Kier alpha value is -2.61. The first-order valence-corrected chi connectivity index (χ1v) is 8.93. The molecule has 0 radical (unpaired) electrons. The van der Waals surface area contributed by atoms with E-state index in [0.717, 1.165) is 25.2 Å². The molecule has 7 nitrogen and oxygen atoms in total. The number of rotatable bonds is 5. The van der Waals surface area contributed by atoms with Crippen molar-refractivity contribution in [3.05, 3.63) is 47.3 Å². The average Bonchev–Trinajstić information content (AvgIpc) is 3.11. The normalized spacial score (nSPS) is 17.1. The molecule has 0 spiro atoms. The Bertz CT molecular complexity index is 826. The fourth-order valence-corrected chi connectivity index (χ4v) is 3.29. The minimum absolute atomic E-state index is 0.103. The Morgan fingerprint density at radius 1 is 1.30 bits per heavy atom. The van der Waals surface area contributed by atoms with Crippen LogP contribution in [0.5, 0.6) is 0 Å². The smallest absolute Gasteiger partial charge is 0.256 e. The van der Waals surface area contributed by atoms with Crippen LogP contribution in [0, 0.1) is 5.82 Å². The summed E-state index contributed by atoms with van der Waals surface area (Å²) in [6.45, 7) is 2.07. The molecule has 1 saturated heterocycles. The van der Waals surface area contributed by atoms with E-state index in [9.17, 15) is 9.18 Å². The van der Waals surface area contributed by atoms with Crippen LogP contribution >= 0.6 is 0 Å². The molecule has 0 saturated carbocycles. The third-order valence-corrected chi connectivity index (χ3v) is 4.75. The highest BCUT2D eigenvalue weighted by molar-refractivity contribution is 5.95. The molecule has 3 heterocycles. The lowest BCUT2D eigenvalue weighted by molar-refractivity contribution is 0.0825. The summed E-state index contributed by atoms with van der Waals surface area (Å²) >= 11 is 0. The number of aromatic nitrogens is 3. The highest BCUT2D eigenvalue weighted by Crippen LogP contribution is 2.30. The van der Waals surface area contributed by atoms with Crippen LogP contribution in [0.2, 0.25) is 0 Å². The van der Waals surface area contributed by atoms with Crippen molar-refractivity contribution in [2.45, 2.75) is 18.9 Å². The van der Waals surface area contributed by atoms with E-state index in [-0.39, 0.29) is 17.6 Å². The number of hydrogen-bond donors (Lipinski definition) is 0. The van der Waals surface area contributed by atoms with Crippen LogP contribution in [0.15, 0.2) is 24.7 Å². The third-order valence-electron chi connectivity index (χ3n) is 4.75. The summed E-state index contributed by atoms with van der Waals surface area (Å²) < 4.78 is 13.9. The second-order valence-electron chi connectivity index (χ2n) is 7.25. The Morgan fingerprint density at radius 3 is 2.74 bits per heavy atom. The van der Waals surface area contributed by atoms with Crippen molar-refractivity contribution in [3.63, 3.8) is 0 Å². The number of amides is 1. The number of hydrogen-bond acceptors (Lipinski definition) is 6. The maximum absolute atomic E-state index is 13.9. The van der Waals surface area contributed by atoms with E-state index in [1.165, 1.54) is 11.1 Å². The molecule has 27 heavy (non-hydrogen) atoms. The molecule has 1 aliphatic rings. The molecule has 0 aliphatic carbocycles. The van der Waals surface area contributed by atoms with Gasteiger partial charge in [-0.25, -0.2) is 14.4 Å². The molecule has 3 rings (SSSR count). The molecule has 1 aliphatic heterocycles. The van der Waals surface area contributed by atoms with Crippen molar-refractivity contribution in [1.29, 1.82) is 0 Å². The fraction of sp³-hybridized carbons (Fsp3) is 0.474. The average molecular weight is 372 g/mol. The highest BCUT2D eigenvalue weighted by Gasteiger charge is 2.30. The number of carbonyl (C=O) groups is 1. The largest absolute Gasteiger partial charge is 0.347 e. The monoisotopic (exact) mass is 372 g/mol. The topological polar surface area (TPSA) is 65.5 Å². The van der Waals surface area contributed by atoms with Gasteiger partial charge in [0, 0.05) is 65.2 Å². The Balaban J connectivity index is 1.84. The molecule has 144 valence electrons. The first kappa shape index (κ1) is 19.2. The predicted molar refractivity (Wildman–Crippen MR) is 101 cm³/mol. The predicted octanol–water partition coefficient (Wildman–Crippen LogP) is 1.77. The molecule has 1 atom stereocenters. The van der Waals surface area contributed by atoms with Gasteiger partial charge in [-0.3, -0.25) is 14.7 Å². The van der Waals surface area contributed by atoms with E-state index in [1.807, 2.05) is 19.0 Å². The number of likely N-dealkylation sites (tertiary alicyclic amines) is 1. The van der Waals surface area contributed by atoms with E-state index < -0.39 is 0 Å². The lowest BCUT2D eigenvalue weighted by Gasteiger charge is -2.20. The summed E-state index contributed by atoms with van der Waals surface area (Å²) in [7, 11) is 7.19. The molecule has 0 aromatic carbocycles. The molecule has 0 N–H and O–H groups in total. The highest BCUT2D eigenvalue weighted by atomic mass is 19.1. The van der Waals surface area contributed by atoms with Crippen molar-refractivity contribution in [2.75, 3.05) is 46.2 Å². The molecule has 2 aromatic rings. The van der Waals surface area contributed by atoms with Gasteiger partial charge in [0.1, 0.15) is 5.82 Å².